The van der Waals surface area contributed by atoms with E-state index in [0.29, 0.717) is 35.2 Å². The van der Waals surface area contributed by atoms with E-state index in [9.17, 15) is 18.8 Å². The summed E-state index contributed by atoms with van der Waals surface area (Å²) in [6, 6.07) is 16.9. The number of halogens is 2. The van der Waals surface area contributed by atoms with Crippen molar-refractivity contribution in [2.45, 2.75) is 13.5 Å². The Morgan fingerprint density at radius 2 is 1.71 bits per heavy atom. The van der Waals surface area contributed by atoms with Gasteiger partial charge in [-0.25, -0.2) is 14.1 Å². The number of nitrogens with one attached hydrogen (secondary N) is 1. The fourth-order valence-corrected chi connectivity index (χ4v) is 3.68. The maximum Gasteiger partial charge on any atom is 0.336 e. The smallest absolute Gasteiger partial charge is 0.336 e. The summed E-state index contributed by atoms with van der Waals surface area (Å²) in [7, 11) is 0. The lowest BCUT2D eigenvalue weighted by Crippen LogP contribution is -2.54. The van der Waals surface area contributed by atoms with Crippen molar-refractivity contribution in [1.82, 2.24) is 5.32 Å². The molecule has 0 atom stereocenters. The van der Waals surface area contributed by atoms with Crippen LogP contribution in [0.1, 0.15) is 18.1 Å². The fraction of sp³-hybridized carbons (Fsp3) is 0.115. The topological polar surface area (TPSA) is 84.9 Å². The molecule has 0 spiro atoms. The van der Waals surface area contributed by atoms with Gasteiger partial charge in [0.1, 0.15) is 18.0 Å². The lowest BCUT2D eigenvalue weighted by molar-refractivity contribution is -0.122. The SMILES string of the molecule is CCOc1cc(/C=C2/C(=O)NC(=O)N(c3ccccc3F)C2=O)ccc1OCc1ccc(Br)cc1. The van der Waals surface area contributed by atoms with Crippen LogP contribution in [0.4, 0.5) is 14.9 Å². The predicted molar refractivity (Wildman–Crippen MR) is 131 cm³/mol. The van der Waals surface area contributed by atoms with Crippen molar-refractivity contribution < 1.29 is 28.2 Å². The molecule has 1 fully saturated rings. The van der Waals surface area contributed by atoms with Crippen LogP contribution in [-0.2, 0) is 16.2 Å². The number of rotatable bonds is 7. The summed E-state index contributed by atoms with van der Waals surface area (Å²) in [5.74, 6) is -1.67. The van der Waals surface area contributed by atoms with E-state index in [1.165, 1.54) is 24.3 Å². The largest absolute Gasteiger partial charge is 0.490 e. The average Bonchev–Trinajstić information content (AvgIpc) is 2.83. The Bertz CT molecular complexity index is 1320. The molecule has 178 valence electrons. The minimum absolute atomic E-state index is 0.250. The highest BCUT2D eigenvalue weighted by molar-refractivity contribution is 9.10. The van der Waals surface area contributed by atoms with Crippen molar-refractivity contribution >= 4 is 45.5 Å². The van der Waals surface area contributed by atoms with Crippen LogP contribution in [0.3, 0.4) is 0 Å². The summed E-state index contributed by atoms with van der Waals surface area (Å²) in [5, 5.41) is 2.08. The molecule has 0 bridgehead atoms. The number of nitrogens with zero attached hydrogens (tertiary/aromatic N) is 1. The zero-order valence-electron chi connectivity index (χ0n) is 18.6. The maximum atomic E-state index is 14.3. The van der Waals surface area contributed by atoms with Gasteiger partial charge in [0.15, 0.2) is 11.5 Å². The molecule has 3 aromatic carbocycles. The van der Waals surface area contributed by atoms with Gasteiger partial charge in [-0.1, -0.05) is 46.3 Å². The molecule has 9 heteroatoms. The number of hydrogen-bond donors (Lipinski definition) is 1. The van der Waals surface area contributed by atoms with Crippen LogP contribution < -0.4 is 19.7 Å². The Labute approximate surface area is 209 Å². The second-order valence-electron chi connectivity index (χ2n) is 7.46. The first-order valence-corrected chi connectivity index (χ1v) is 11.5. The molecular formula is C26H20BrFN2O5. The van der Waals surface area contributed by atoms with Crippen molar-refractivity contribution in [2.24, 2.45) is 0 Å². The number of urea groups is 1. The molecule has 35 heavy (non-hydrogen) atoms. The molecule has 1 aliphatic rings. The minimum Gasteiger partial charge on any atom is -0.490 e. The van der Waals surface area contributed by atoms with E-state index in [4.69, 9.17) is 9.47 Å². The second kappa shape index (κ2) is 10.5. The number of amides is 4. The molecule has 1 saturated heterocycles. The molecule has 0 aromatic heterocycles. The maximum absolute atomic E-state index is 14.3. The van der Waals surface area contributed by atoms with E-state index in [1.807, 2.05) is 31.2 Å². The van der Waals surface area contributed by atoms with Gasteiger partial charge in [0.25, 0.3) is 11.8 Å². The van der Waals surface area contributed by atoms with E-state index in [1.54, 1.807) is 18.2 Å². The molecule has 0 aliphatic carbocycles. The number of imide groups is 2. The quantitative estimate of drug-likeness (QED) is 0.328. The van der Waals surface area contributed by atoms with Gasteiger partial charge in [0, 0.05) is 4.47 Å². The number of anilines is 1. The van der Waals surface area contributed by atoms with Gasteiger partial charge < -0.3 is 9.47 Å². The third-order valence-electron chi connectivity index (χ3n) is 5.08. The molecule has 1 aliphatic heterocycles. The summed E-state index contributed by atoms with van der Waals surface area (Å²) in [4.78, 5) is 38.4. The second-order valence-corrected chi connectivity index (χ2v) is 8.38. The van der Waals surface area contributed by atoms with Gasteiger partial charge >= 0.3 is 6.03 Å². The van der Waals surface area contributed by atoms with Crippen molar-refractivity contribution in [2.75, 3.05) is 11.5 Å². The number of para-hydroxylation sites is 1. The van der Waals surface area contributed by atoms with Crippen molar-refractivity contribution in [3.05, 3.63) is 93.7 Å². The van der Waals surface area contributed by atoms with Gasteiger partial charge in [-0.05, 0) is 60.5 Å². The Kier molecular flexibility index (Phi) is 7.26. The van der Waals surface area contributed by atoms with Gasteiger partial charge in [0.05, 0.1) is 12.3 Å². The molecule has 0 unspecified atom stereocenters. The standard InChI is InChI=1S/C26H20BrFN2O5/c1-2-34-23-14-17(9-12-22(23)35-15-16-7-10-18(27)11-8-16)13-19-24(31)29-26(33)30(25(19)32)21-6-4-3-5-20(21)28/h3-14H,2,15H2,1H3,(H,29,31,33)/b19-13-. The highest BCUT2D eigenvalue weighted by Crippen LogP contribution is 2.31. The molecular weight excluding hydrogens is 519 g/mol. The highest BCUT2D eigenvalue weighted by Gasteiger charge is 2.37. The Hall–Kier alpha value is -3.98. The van der Waals surface area contributed by atoms with Crippen molar-refractivity contribution in [1.29, 1.82) is 0 Å². The zero-order valence-corrected chi connectivity index (χ0v) is 20.2. The first kappa shape index (κ1) is 24.2. The highest BCUT2D eigenvalue weighted by atomic mass is 79.9. The van der Waals surface area contributed by atoms with E-state index in [-0.39, 0.29) is 11.3 Å². The molecule has 1 N–H and O–H groups in total. The molecule has 7 nitrogen and oxygen atoms in total. The number of benzene rings is 3. The summed E-state index contributed by atoms with van der Waals surface area (Å²) in [6.07, 6.45) is 1.32. The average molecular weight is 539 g/mol. The molecule has 3 aromatic rings. The third-order valence-corrected chi connectivity index (χ3v) is 5.61. The van der Waals surface area contributed by atoms with E-state index < -0.39 is 23.7 Å². The molecule has 4 rings (SSSR count). The summed E-state index contributed by atoms with van der Waals surface area (Å²) < 4.78 is 26.8. The lowest BCUT2D eigenvalue weighted by Gasteiger charge is -2.26. The lowest BCUT2D eigenvalue weighted by atomic mass is 10.1. The Morgan fingerprint density at radius 3 is 2.43 bits per heavy atom. The molecule has 1 heterocycles. The number of ether oxygens (including phenoxy) is 2. The van der Waals surface area contributed by atoms with Crippen LogP contribution in [0.25, 0.3) is 6.08 Å². The minimum atomic E-state index is -1.02. The van der Waals surface area contributed by atoms with Gasteiger partial charge in [0.2, 0.25) is 0 Å². The fourth-order valence-electron chi connectivity index (χ4n) is 3.42. The normalized spacial score (nSPS) is 14.8. The molecule has 0 radical (unpaired) electrons. The number of barbiturate groups is 1. The van der Waals surface area contributed by atoms with E-state index >= 15 is 0 Å². The number of carbonyl (C=O) groups is 3. The van der Waals surface area contributed by atoms with Crippen LogP contribution >= 0.6 is 15.9 Å². The van der Waals surface area contributed by atoms with Crippen LogP contribution in [-0.4, -0.2) is 24.5 Å². The molecule has 4 amide bonds. The van der Waals surface area contributed by atoms with E-state index in [2.05, 4.69) is 21.2 Å². The van der Waals surface area contributed by atoms with Crippen LogP contribution in [0.15, 0.2) is 76.8 Å². The summed E-state index contributed by atoms with van der Waals surface area (Å²) in [6.45, 7) is 2.50. The summed E-state index contributed by atoms with van der Waals surface area (Å²) >= 11 is 3.40. The number of carbonyl (C=O) groups excluding carboxylic acids is 3. The molecule has 0 saturated carbocycles. The van der Waals surface area contributed by atoms with Crippen LogP contribution in [0.2, 0.25) is 0 Å². The summed E-state index contributed by atoms with van der Waals surface area (Å²) in [5.41, 5.74) is 0.855. The van der Waals surface area contributed by atoms with Crippen LogP contribution in [0.5, 0.6) is 11.5 Å². The van der Waals surface area contributed by atoms with E-state index in [0.717, 1.165) is 16.1 Å². The van der Waals surface area contributed by atoms with Gasteiger partial charge in [-0.2, -0.15) is 0 Å². The predicted octanol–water partition coefficient (Wildman–Crippen LogP) is 5.23. The zero-order chi connectivity index (χ0) is 24.9. The first-order valence-electron chi connectivity index (χ1n) is 10.7. The van der Waals surface area contributed by atoms with Gasteiger partial charge in [-0.15, -0.1) is 0 Å². The van der Waals surface area contributed by atoms with Crippen LogP contribution in [0, 0.1) is 5.82 Å². The monoisotopic (exact) mass is 538 g/mol. The number of hydrogen-bond acceptors (Lipinski definition) is 5. The Morgan fingerprint density at radius 1 is 0.971 bits per heavy atom. The van der Waals surface area contributed by atoms with Gasteiger partial charge in [-0.3, -0.25) is 14.9 Å². The van der Waals surface area contributed by atoms with Crippen molar-refractivity contribution in [3.8, 4) is 11.5 Å². The first-order chi connectivity index (χ1) is 16.9. The van der Waals surface area contributed by atoms with Crippen molar-refractivity contribution in [3.63, 3.8) is 0 Å². The third kappa shape index (κ3) is 5.41. The Balaban J connectivity index is 1.61.